The molecule has 2 rings (SSSR count). The Hall–Kier alpha value is -2.50. The second-order valence-corrected chi connectivity index (χ2v) is 3.56. The number of non-ortho nitro benzene ring substituents is 1. The molecule has 1 heterocycles. The number of rotatable bonds is 2. The first-order chi connectivity index (χ1) is 8.04. The normalized spacial score (nSPS) is 10.4. The maximum Gasteiger partial charge on any atom is 0.312 e. The van der Waals surface area contributed by atoms with Crippen LogP contribution in [0, 0.1) is 17.0 Å². The smallest absolute Gasteiger partial charge is 0.312 e. The lowest BCUT2D eigenvalue weighted by atomic mass is 10.1. The first-order valence-electron chi connectivity index (χ1n) is 4.70. The van der Waals surface area contributed by atoms with Crippen molar-refractivity contribution in [2.24, 2.45) is 0 Å². The summed E-state index contributed by atoms with van der Waals surface area (Å²) in [5.41, 5.74) is -0.559. The quantitative estimate of drug-likeness (QED) is 0.448. The van der Waals surface area contributed by atoms with Crippen LogP contribution in [0.5, 0.6) is 0 Å². The van der Waals surface area contributed by atoms with Crippen LogP contribution in [0.25, 0.3) is 11.0 Å². The number of aryl methyl sites for hydroxylation is 1. The highest BCUT2D eigenvalue weighted by molar-refractivity contribution is 5.89. The number of hydrogen-bond acceptors (Lipinski definition) is 5. The standard InChI is InChI=1S/C11H7NO5/c1-6-2-8-10(14)7(4-13)5-17-11(8)9(3-6)12(15)16/h2-5H,1H3. The van der Waals surface area contributed by atoms with E-state index in [1.807, 2.05) is 0 Å². The van der Waals surface area contributed by atoms with E-state index in [0.29, 0.717) is 11.8 Å². The first kappa shape index (κ1) is 11.0. The minimum atomic E-state index is -0.626. The van der Waals surface area contributed by atoms with Gasteiger partial charge < -0.3 is 4.42 Å². The highest BCUT2D eigenvalue weighted by atomic mass is 16.6. The lowest BCUT2D eigenvalue weighted by Gasteiger charge is -2.00. The predicted octanol–water partition coefficient (Wildman–Crippen LogP) is 1.82. The van der Waals surface area contributed by atoms with Gasteiger partial charge in [-0.3, -0.25) is 19.7 Å². The predicted molar refractivity (Wildman–Crippen MR) is 59.3 cm³/mol. The molecule has 0 bridgehead atoms. The molecule has 0 amide bonds. The first-order valence-corrected chi connectivity index (χ1v) is 4.70. The molecule has 17 heavy (non-hydrogen) atoms. The van der Waals surface area contributed by atoms with Crippen LogP contribution in [0.15, 0.2) is 27.6 Å². The summed E-state index contributed by atoms with van der Waals surface area (Å²) >= 11 is 0. The molecule has 0 radical (unpaired) electrons. The monoisotopic (exact) mass is 233 g/mol. The summed E-state index contributed by atoms with van der Waals surface area (Å²) in [6, 6.07) is 2.77. The molecule has 0 aliphatic rings. The number of nitro groups is 1. The summed E-state index contributed by atoms with van der Waals surface area (Å²) in [7, 11) is 0. The van der Waals surface area contributed by atoms with Crippen molar-refractivity contribution in [2.75, 3.05) is 0 Å². The second kappa shape index (κ2) is 3.82. The Kier molecular flexibility index (Phi) is 2.47. The fourth-order valence-electron chi connectivity index (χ4n) is 1.59. The Bertz CT molecular complexity index is 686. The molecule has 2 aromatic rings. The van der Waals surface area contributed by atoms with Crippen LogP contribution in [0.4, 0.5) is 5.69 Å². The summed E-state index contributed by atoms with van der Waals surface area (Å²) in [6.07, 6.45) is 1.29. The molecule has 0 saturated heterocycles. The van der Waals surface area contributed by atoms with Crippen LogP contribution < -0.4 is 5.43 Å². The van der Waals surface area contributed by atoms with E-state index in [0.717, 1.165) is 6.26 Å². The van der Waals surface area contributed by atoms with Gasteiger partial charge in [-0.1, -0.05) is 0 Å². The number of nitrogens with zero attached hydrogens (tertiary/aromatic N) is 1. The van der Waals surface area contributed by atoms with Crippen LogP contribution in [-0.4, -0.2) is 11.2 Å². The number of nitro benzene ring substituents is 1. The molecule has 0 spiro atoms. The van der Waals surface area contributed by atoms with E-state index in [4.69, 9.17) is 4.42 Å². The number of hydrogen-bond donors (Lipinski definition) is 0. The zero-order valence-corrected chi connectivity index (χ0v) is 8.80. The van der Waals surface area contributed by atoms with Crippen molar-refractivity contribution in [1.82, 2.24) is 0 Å². The number of fused-ring (bicyclic) bond motifs is 1. The Morgan fingerprint density at radius 3 is 2.71 bits per heavy atom. The summed E-state index contributed by atoms with van der Waals surface area (Å²) < 4.78 is 4.99. The van der Waals surface area contributed by atoms with Gasteiger partial charge in [-0.15, -0.1) is 0 Å². The average molecular weight is 233 g/mol. The fraction of sp³-hybridized carbons (Fsp3) is 0.0909. The van der Waals surface area contributed by atoms with Gasteiger partial charge in [0.2, 0.25) is 11.0 Å². The molecule has 1 aromatic carbocycles. The van der Waals surface area contributed by atoms with Gasteiger partial charge >= 0.3 is 5.69 Å². The van der Waals surface area contributed by atoms with Crippen molar-refractivity contribution >= 4 is 22.9 Å². The molecule has 0 unspecified atom stereocenters. The zero-order chi connectivity index (χ0) is 12.6. The van der Waals surface area contributed by atoms with E-state index >= 15 is 0 Å². The Labute approximate surface area is 94.6 Å². The van der Waals surface area contributed by atoms with Gasteiger partial charge in [0.25, 0.3) is 0 Å². The molecule has 1 aromatic heterocycles. The van der Waals surface area contributed by atoms with E-state index in [1.54, 1.807) is 6.92 Å². The summed E-state index contributed by atoms with van der Waals surface area (Å²) in [5, 5.41) is 10.8. The molecule has 0 aliphatic carbocycles. The minimum Gasteiger partial charge on any atom is -0.456 e. The van der Waals surface area contributed by atoms with Gasteiger partial charge in [0.15, 0.2) is 6.29 Å². The number of benzene rings is 1. The summed E-state index contributed by atoms with van der Waals surface area (Å²) in [4.78, 5) is 32.5. The largest absolute Gasteiger partial charge is 0.456 e. The van der Waals surface area contributed by atoms with Crippen molar-refractivity contribution < 1.29 is 14.1 Å². The number of carbonyl (C=O) groups excluding carboxylic acids is 1. The van der Waals surface area contributed by atoms with Crippen molar-refractivity contribution in [3.05, 3.63) is 49.9 Å². The van der Waals surface area contributed by atoms with Gasteiger partial charge in [-0.05, 0) is 18.6 Å². The topological polar surface area (TPSA) is 90.4 Å². The second-order valence-electron chi connectivity index (χ2n) is 3.56. The van der Waals surface area contributed by atoms with Crippen molar-refractivity contribution in [1.29, 1.82) is 0 Å². The Balaban J connectivity index is 2.99. The fourth-order valence-corrected chi connectivity index (χ4v) is 1.59. The highest BCUT2D eigenvalue weighted by Gasteiger charge is 2.18. The van der Waals surface area contributed by atoms with Gasteiger partial charge in [0.05, 0.1) is 15.9 Å². The Morgan fingerprint density at radius 2 is 2.12 bits per heavy atom. The van der Waals surface area contributed by atoms with E-state index in [-0.39, 0.29) is 22.2 Å². The van der Waals surface area contributed by atoms with Gasteiger partial charge in [-0.25, -0.2) is 0 Å². The van der Waals surface area contributed by atoms with E-state index in [9.17, 15) is 19.7 Å². The molecule has 0 N–H and O–H groups in total. The third-order valence-electron chi connectivity index (χ3n) is 2.35. The van der Waals surface area contributed by atoms with Gasteiger partial charge in [0.1, 0.15) is 6.26 Å². The molecule has 0 saturated carbocycles. The molecule has 6 nitrogen and oxygen atoms in total. The van der Waals surface area contributed by atoms with Crippen LogP contribution in [0.1, 0.15) is 15.9 Å². The van der Waals surface area contributed by atoms with E-state index in [2.05, 4.69) is 0 Å². The van der Waals surface area contributed by atoms with Gasteiger partial charge in [0, 0.05) is 6.07 Å². The van der Waals surface area contributed by atoms with Crippen LogP contribution in [-0.2, 0) is 0 Å². The molecule has 6 heteroatoms. The molecule has 0 atom stereocenters. The lowest BCUT2D eigenvalue weighted by Crippen LogP contribution is -2.08. The molecular weight excluding hydrogens is 226 g/mol. The summed E-state index contributed by atoms with van der Waals surface area (Å²) in [5.74, 6) is 0. The molecule has 0 aliphatic heterocycles. The molecular formula is C11H7NO5. The average Bonchev–Trinajstić information content (AvgIpc) is 2.29. The van der Waals surface area contributed by atoms with Crippen molar-refractivity contribution in [3.8, 4) is 0 Å². The third kappa shape index (κ3) is 1.69. The Morgan fingerprint density at radius 1 is 1.41 bits per heavy atom. The maximum absolute atomic E-state index is 11.8. The molecule has 0 fully saturated rings. The van der Waals surface area contributed by atoms with Crippen LogP contribution in [0.2, 0.25) is 0 Å². The molecule has 86 valence electrons. The lowest BCUT2D eigenvalue weighted by molar-refractivity contribution is -0.383. The van der Waals surface area contributed by atoms with E-state index in [1.165, 1.54) is 12.1 Å². The van der Waals surface area contributed by atoms with E-state index < -0.39 is 10.4 Å². The highest BCUT2D eigenvalue weighted by Crippen LogP contribution is 2.25. The van der Waals surface area contributed by atoms with Crippen LogP contribution in [0.3, 0.4) is 0 Å². The minimum absolute atomic E-state index is 0.0429. The third-order valence-corrected chi connectivity index (χ3v) is 2.35. The number of carbonyl (C=O) groups is 1. The van der Waals surface area contributed by atoms with Gasteiger partial charge in [-0.2, -0.15) is 0 Å². The SMILES string of the molecule is Cc1cc([N+](=O)[O-])c2occ(C=O)c(=O)c2c1. The van der Waals surface area contributed by atoms with Crippen LogP contribution >= 0.6 is 0 Å². The maximum atomic E-state index is 11.8. The summed E-state index contributed by atoms with van der Waals surface area (Å²) in [6.45, 7) is 1.62. The zero-order valence-electron chi connectivity index (χ0n) is 8.80. The van der Waals surface area contributed by atoms with Crippen molar-refractivity contribution in [3.63, 3.8) is 0 Å². The number of aldehydes is 1. The van der Waals surface area contributed by atoms with Crippen molar-refractivity contribution in [2.45, 2.75) is 6.92 Å².